The van der Waals surface area contributed by atoms with Crippen LogP contribution in [0.15, 0.2) is 33.9 Å². The minimum atomic E-state index is -0.365. The normalized spacial score (nSPS) is 15.6. The van der Waals surface area contributed by atoms with Gasteiger partial charge in [0.1, 0.15) is 0 Å². The number of anilines is 1. The number of hydrogen-bond acceptors (Lipinski definition) is 8. The summed E-state index contributed by atoms with van der Waals surface area (Å²) in [5.74, 6) is 0.0508. The van der Waals surface area contributed by atoms with Gasteiger partial charge in [-0.15, -0.1) is 0 Å². The van der Waals surface area contributed by atoms with E-state index in [0.717, 1.165) is 22.2 Å². The Labute approximate surface area is 167 Å². The molecule has 3 N–H and O–H groups in total. The van der Waals surface area contributed by atoms with Gasteiger partial charge >= 0.3 is 0 Å². The van der Waals surface area contributed by atoms with E-state index in [1.165, 1.54) is 13.1 Å². The van der Waals surface area contributed by atoms with Gasteiger partial charge in [0.2, 0.25) is 5.95 Å². The smallest absolute Gasteiger partial charge is 0.293 e. The van der Waals surface area contributed by atoms with Crippen LogP contribution in [0.25, 0.3) is 6.08 Å². The average Bonchev–Trinajstić information content (AvgIpc) is 2.87. The molecular formula is C17H15BrN4O4S. The number of carbonyl (C=O) groups is 2. The van der Waals surface area contributed by atoms with E-state index in [4.69, 9.17) is 10.5 Å². The largest absolute Gasteiger partial charge is 0.504 e. The second kappa shape index (κ2) is 7.97. The molecule has 1 aromatic carbocycles. The first-order valence-electron chi connectivity index (χ1n) is 7.78. The lowest BCUT2D eigenvalue weighted by Gasteiger charge is -2.10. The van der Waals surface area contributed by atoms with Crippen molar-refractivity contribution in [2.75, 3.05) is 19.4 Å². The van der Waals surface area contributed by atoms with Gasteiger partial charge in [-0.25, -0.2) is 9.97 Å². The van der Waals surface area contributed by atoms with Gasteiger partial charge in [-0.2, -0.15) is 0 Å². The van der Waals surface area contributed by atoms with Crippen molar-refractivity contribution in [3.8, 4) is 11.5 Å². The van der Waals surface area contributed by atoms with Crippen LogP contribution in [0.3, 0.4) is 0 Å². The maximum Gasteiger partial charge on any atom is 0.293 e. The Hall–Kier alpha value is -2.59. The van der Waals surface area contributed by atoms with Gasteiger partial charge < -0.3 is 15.6 Å². The predicted octanol–water partition coefficient (Wildman–Crippen LogP) is 2.81. The van der Waals surface area contributed by atoms with Crippen LogP contribution in [-0.2, 0) is 11.2 Å². The zero-order valence-corrected chi connectivity index (χ0v) is 16.6. The molecule has 8 nitrogen and oxygen atoms in total. The van der Waals surface area contributed by atoms with Crippen LogP contribution in [0.2, 0.25) is 0 Å². The lowest BCUT2D eigenvalue weighted by Crippen LogP contribution is -2.22. The van der Waals surface area contributed by atoms with Gasteiger partial charge in [0.05, 0.1) is 11.5 Å². The molecule has 2 amide bonds. The van der Waals surface area contributed by atoms with Crippen LogP contribution in [0.4, 0.5) is 10.7 Å². The Balaban J connectivity index is 1.75. The molecule has 0 radical (unpaired) electrons. The number of likely N-dealkylation sites (N-methyl/N-ethyl adjacent to an activating group) is 1. The Morgan fingerprint density at radius 2 is 2.04 bits per heavy atom. The van der Waals surface area contributed by atoms with Crippen LogP contribution >= 0.6 is 27.7 Å². The molecule has 1 aliphatic rings. The second-order valence-corrected chi connectivity index (χ2v) is 7.48. The minimum absolute atomic E-state index is 0.0452. The number of rotatable bonds is 5. The van der Waals surface area contributed by atoms with Gasteiger partial charge in [0, 0.05) is 30.3 Å². The number of carbonyl (C=O) groups excluding carboxylic acids is 2. The molecular weight excluding hydrogens is 436 g/mol. The maximum atomic E-state index is 12.0. The molecule has 3 rings (SSSR count). The molecule has 27 heavy (non-hydrogen) atoms. The number of aromatic hydroxyl groups is 1. The number of imide groups is 1. The molecule has 1 fully saturated rings. The van der Waals surface area contributed by atoms with Crippen LogP contribution in [0.5, 0.6) is 11.5 Å². The Kier molecular flexibility index (Phi) is 5.66. The van der Waals surface area contributed by atoms with Crippen LogP contribution < -0.4 is 10.5 Å². The van der Waals surface area contributed by atoms with E-state index in [1.54, 1.807) is 24.5 Å². The van der Waals surface area contributed by atoms with E-state index in [-0.39, 0.29) is 35.2 Å². The van der Waals surface area contributed by atoms with E-state index < -0.39 is 0 Å². The number of hydrogen-bond donors (Lipinski definition) is 2. The number of amides is 2. The minimum Gasteiger partial charge on any atom is -0.504 e. The number of benzene rings is 1. The highest BCUT2D eigenvalue weighted by Crippen LogP contribution is 2.37. The summed E-state index contributed by atoms with van der Waals surface area (Å²) in [7, 11) is 1.43. The molecule has 2 aromatic rings. The molecule has 1 saturated heterocycles. The standard InChI is InChI=1S/C17H15BrN4O4S/c1-22-15(24)14(27-17(22)25)5-10-4-13(12(23)6-11(10)18)26-3-2-9-7-20-16(19)21-8-9/h4-8,23H,2-3H2,1H3,(H2,19,20,21)/b14-5-. The van der Waals surface area contributed by atoms with Crippen molar-refractivity contribution in [3.63, 3.8) is 0 Å². The summed E-state index contributed by atoms with van der Waals surface area (Å²) in [5.41, 5.74) is 6.90. The number of nitrogens with two attached hydrogens (primary N) is 1. The van der Waals surface area contributed by atoms with Crippen molar-refractivity contribution >= 4 is 50.9 Å². The van der Waals surface area contributed by atoms with Crippen molar-refractivity contribution in [1.82, 2.24) is 14.9 Å². The summed E-state index contributed by atoms with van der Waals surface area (Å²) < 4.78 is 6.22. The number of phenolic OH excluding ortho intramolecular Hbond substituents is 1. The first-order chi connectivity index (χ1) is 12.8. The fourth-order valence-electron chi connectivity index (χ4n) is 2.24. The first-order valence-corrected chi connectivity index (χ1v) is 9.39. The number of nitrogen functional groups attached to an aromatic ring is 1. The Morgan fingerprint density at radius 1 is 1.33 bits per heavy atom. The lowest BCUT2D eigenvalue weighted by molar-refractivity contribution is -0.121. The number of halogens is 1. The Morgan fingerprint density at radius 3 is 2.67 bits per heavy atom. The quantitative estimate of drug-likeness (QED) is 0.667. The number of thioether (sulfide) groups is 1. The van der Waals surface area contributed by atoms with Gasteiger partial charge in [0.15, 0.2) is 11.5 Å². The third-order valence-electron chi connectivity index (χ3n) is 3.72. The molecule has 0 spiro atoms. The second-order valence-electron chi connectivity index (χ2n) is 5.63. The fraction of sp³-hybridized carbons (Fsp3) is 0.176. The first kappa shape index (κ1) is 19.2. The SMILES string of the molecule is CN1C(=O)S/C(=C\c2cc(OCCc3cnc(N)nc3)c(O)cc2Br)C1=O. The number of phenols is 1. The number of nitrogens with zero attached hydrogens (tertiary/aromatic N) is 3. The van der Waals surface area contributed by atoms with Crippen molar-refractivity contribution in [2.45, 2.75) is 6.42 Å². The molecule has 0 bridgehead atoms. The van der Waals surface area contributed by atoms with Crippen molar-refractivity contribution in [2.24, 2.45) is 0 Å². The molecule has 1 aromatic heterocycles. The molecule has 140 valence electrons. The zero-order valence-electron chi connectivity index (χ0n) is 14.2. The maximum absolute atomic E-state index is 12.0. The van der Waals surface area contributed by atoms with Gasteiger partial charge in [0.25, 0.3) is 11.1 Å². The van der Waals surface area contributed by atoms with E-state index in [0.29, 0.717) is 21.4 Å². The average molecular weight is 451 g/mol. The molecule has 0 atom stereocenters. The highest BCUT2D eigenvalue weighted by molar-refractivity contribution is 9.10. The third kappa shape index (κ3) is 4.40. The van der Waals surface area contributed by atoms with Crippen LogP contribution in [-0.4, -0.2) is 44.8 Å². The fourth-order valence-corrected chi connectivity index (χ4v) is 3.51. The summed E-state index contributed by atoms with van der Waals surface area (Å²) >= 11 is 4.20. The summed E-state index contributed by atoms with van der Waals surface area (Å²) in [4.78, 5) is 32.8. The van der Waals surface area contributed by atoms with E-state index in [1.807, 2.05) is 0 Å². The monoisotopic (exact) mass is 450 g/mol. The summed E-state index contributed by atoms with van der Waals surface area (Å²) in [5, 5.41) is 9.76. The van der Waals surface area contributed by atoms with E-state index >= 15 is 0 Å². The zero-order chi connectivity index (χ0) is 19.6. The van der Waals surface area contributed by atoms with Crippen LogP contribution in [0, 0.1) is 0 Å². The topological polar surface area (TPSA) is 119 Å². The Bertz CT molecular complexity index is 933. The summed E-state index contributed by atoms with van der Waals surface area (Å²) in [6, 6.07) is 3.08. The van der Waals surface area contributed by atoms with Gasteiger partial charge in [-0.05, 0) is 41.1 Å². The van der Waals surface area contributed by atoms with Gasteiger partial charge in [-0.1, -0.05) is 15.9 Å². The number of aromatic nitrogens is 2. The third-order valence-corrected chi connectivity index (χ3v) is 5.37. The molecule has 1 aliphatic heterocycles. The summed E-state index contributed by atoms with van der Waals surface area (Å²) in [6.45, 7) is 0.285. The molecule has 0 aliphatic carbocycles. The van der Waals surface area contributed by atoms with E-state index in [2.05, 4.69) is 25.9 Å². The molecule has 0 unspecified atom stereocenters. The molecule has 0 saturated carbocycles. The van der Waals surface area contributed by atoms with Crippen molar-refractivity contribution in [3.05, 3.63) is 45.0 Å². The van der Waals surface area contributed by atoms with Crippen molar-refractivity contribution in [1.29, 1.82) is 0 Å². The van der Waals surface area contributed by atoms with Gasteiger partial charge in [-0.3, -0.25) is 14.5 Å². The van der Waals surface area contributed by atoms with E-state index in [9.17, 15) is 14.7 Å². The number of ether oxygens (including phenoxy) is 1. The lowest BCUT2D eigenvalue weighted by atomic mass is 10.2. The highest BCUT2D eigenvalue weighted by Gasteiger charge is 2.32. The van der Waals surface area contributed by atoms with Crippen LogP contribution in [0.1, 0.15) is 11.1 Å². The molecule has 10 heteroatoms. The summed E-state index contributed by atoms with van der Waals surface area (Å²) in [6.07, 6.45) is 5.33. The molecule has 2 heterocycles. The van der Waals surface area contributed by atoms with Crippen molar-refractivity contribution < 1.29 is 19.4 Å². The predicted molar refractivity (Wildman–Crippen MR) is 105 cm³/mol. The highest BCUT2D eigenvalue weighted by atomic mass is 79.9.